The van der Waals surface area contributed by atoms with Gasteiger partial charge in [-0.15, -0.1) is 0 Å². The maximum atomic E-state index is 13.3. The van der Waals surface area contributed by atoms with E-state index < -0.39 is 0 Å². The van der Waals surface area contributed by atoms with Crippen LogP contribution in [0, 0.1) is 13.8 Å². The molecule has 4 aromatic rings. The highest BCUT2D eigenvalue weighted by atomic mass is 79.9. The smallest absolute Gasteiger partial charge is 0.188 e. The number of aryl methyl sites for hydroxylation is 2. The molecule has 4 rings (SSSR count). The number of hydrogen-bond acceptors (Lipinski definition) is 2. The van der Waals surface area contributed by atoms with Crippen molar-refractivity contribution in [1.29, 1.82) is 0 Å². The molecule has 0 saturated heterocycles. The molecule has 0 spiro atoms. The Morgan fingerprint density at radius 2 is 1.66 bits per heavy atom. The molecular weight excluding hydrogens is 422 g/mol. The van der Waals surface area contributed by atoms with E-state index in [2.05, 4.69) is 35.0 Å². The van der Waals surface area contributed by atoms with Crippen molar-refractivity contribution in [2.75, 3.05) is 0 Å². The highest BCUT2D eigenvalue weighted by molar-refractivity contribution is 9.10. The second-order valence-corrected chi connectivity index (χ2v) is 8.00. The van der Waals surface area contributed by atoms with E-state index in [9.17, 15) is 4.79 Å². The molecule has 3 aromatic carbocycles. The number of hydrogen-bond donors (Lipinski definition) is 0. The quantitative estimate of drug-likeness (QED) is 0.248. The van der Waals surface area contributed by atoms with E-state index in [0.717, 1.165) is 43.3 Å². The van der Waals surface area contributed by atoms with Crippen LogP contribution >= 0.6 is 15.9 Å². The normalized spacial score (nSPS) is 11.3. The molecule has 0 saturated carbocycles. The third-order valence-electron chi connectivity index (χ3n) is 4.93. The van der Waals surface area contributed by atoms with Crippen LogP contribution in [0.2, 0.25) is 0 Å². The number of carbonyl (C=O) groups excluding carboxylic acids is 1. The fraction of sp³-hybridized carbons (Fsp3) is 0.0769. The van der Waals surface area contributed by atoms with Gasteiger partial charge in [0.15, 0.2) is 5.78 Å². The van der Waals surface area contributed by atoms with Crippen LogP contribution in [0.4, 0.5) is 0 Å². The molecule has 142 valence electrons. The van der Waals surface area contributed by atoms with Crippen molar-refractivity contribution in [3.8, 4) is 11.1 Å². The largest absolute Gasteiger partial charge is 0.289 e. The summed E-state index contributed by atoms with van der Waals surface area (Å²) >= 11 is 3.44. The zero-order valence-electron chi connectivity index (χ0n) is 16.3. The number of aromatic nitrogens is 1. The predicted octanol–water partition coefficient (Wildman–Crippen LogP) is 7.18. The van der Waals surface area contributed by atoms with Gasteiger partial charge in [-0.25, -0.2) is 0 Å². The van der Waals surface area contributed by atoms with Gasteiger partial charge in [-0.1, -0.05) is 76.1 Å². The number of ketones is 1. The molecule has 0 aliphatic heterocycles. The molecule has 29 heavy (non-hydrogen) atoms. The van der Waals surface area contributed by atoms with Gasteiger partial charge >= 0.3 is 0 Å². The number of pyridine rings is 1. The van der Waals surface area contributed by atoms with Gasteiger partial charge in [0.1, 0.15) is 0 Å². The summed E-state index contributed by atoms with van der Waals surface area (Å²) in [4.78, 5) is 18.0. The molecule has 0 unspecified atom stereocenters. The lowest BCUT2D eigenvalue weighted by Crippen LogP contribution is -2.05. The first-order valence-electron chi connectivity index (χ1n) is 9.47. The van der Waals surface area contributed by atoms with Gasteiger partial charge < -0.3 is 0 Å². The molecule has 0 bridgehead atoms. The number of nitrogens with zero attached hydrogens (tertiary/aromatic N) is 1. The lowest BCUT2D eigenvalue weighted by molar-refractivity contribution is 0.104. The fourth-order valence-electron chi connectivity index (χ4n) is 3.54. The van der Waals surface area contributed by atoms with Gasteiger partial charge in [-0.2, -0.15) is 0 Å². The van der Waals surface area contributed by atoms with Crippen molar-refractivity contribution in [2.45, 2.75) is 13.8 Å². The van der Waals surface area contributed by atoms with Gasteiger partial charge in [-0.05, 0) is 55.3 Å². The zero-order chi connectivity index (χ0) is 20.4. The number of benzene rings is 3. The summed E-state index contributed by atoms with van der Waals surface area (Å²) in [6.45, 7) is 3.97. The Morgan fingerprint density at radius 3 is 2.38 bits per heavy atom. The van der Waals surface area contributed by atoms with Gasteiger partial charge in [-0.3, -0.25) is 9.78 Å². The Morgan fingerprint density at radius 1 is 0.931 bits per heavy atom. The van der Waals surface area contributed by atoms with Crippen LogP contribution in [0.25, 0.3) is 28.1 Å². The first kappa shape index (κ1) is 19.3. The van der Waals surface area contributed by atoms with Crippen LogP contribution in [0.15, 0.2) is 83.3 Å². The Labute approximate surface area is 179 Å². The third kappa shape index (κ3) is 4.06. The summed E-state index contributed by atoms with van der Waals surface area (Å²) in [5.74, 6) is -0.0415. The summed E-state index contributed by atoms with van der Waals surface area (Å²) < 4.78 is 1.01. The molecule has 0 N–H and O–H groups in total. The van der Waals surface area contributed by atoms with Crippen molar-refractivity contribution in [3.63, 3.8) is 0 Å². The summed E-state index contributed by atoms with van der Waals surface area (Å²) in [6.07, 6.45) is 3.49. The van der Waals surface area contributed by atoms with Gasteiger partial charge in [0.2, 0.25) is 0 Å². The number of fused-ring (bicyclic) bond motifs is 1. The number of carbonyl (C=O) groups is 1. The molecule has 0 atom stereocenters. The lowest BCUT2D eigenvalue weighted by Gasteiger charge is -2.14. The van der Waals surface area contributed by atoms with E-state index in [1.54, 1.807) is 6.08 Å². The summed E-state index contributed by atoms with van der Waals surface area (Å²) in [5.41, 5.74) is 6.39. The van der Waals surface area contributed by atoms with E-state index in [0.29, 0.717) is 5.56 Å². The average Bonchev–Trinajstić information content (AvgIpc) is 2.73. The highest BCUT2D eigenvalue weighted by Gasteiger charge is 2.19. The van der Waals surface area contributed by atoms with E-state index in [4.69, 9.17) is 4.98 Å². The molecule has 1 aromatic heterocycles. The SMILES string of the molecule is Cc1ccc2nc(C)c(C(=O)C=Cc3ccc(Br)cc3)c(-c3ccccc3)c2c1. The van der Waals surface area contributed by atoms with E-state index in [-0.39, 0.29) is 5.78 Å². The van der Waals surface area contributed by atoms with Crippen molar-refractivity contribution in [3.05, 3.63) is 106 Å². The molecule has 2 nitrogen and oxygen atoms in total. The molecule has 0 radical (unpaired) electrons. The van der Waals surface area contributed by atoms with E-state index >= 15 is 0 Å². The monoisotopic (exact) mass is 441 g/mol. The first-order valence-corrected chi connectivity index (χ1v) is 10.3. The summed E-state index contributed by atoms with van der Waals surface area (Å²) in [7, 11) is 0. The Bertz CT molecular complexity index is 1230. The third-order valence-corrected chi connectivity index (χ3v) is 5.46. The Kier molecular flexibility index (Phi) is 5.41. The second kappa shape index (κ2) is 8.14. The van der Waals surface area contributed by atoms with Crippen molar-refractivity contribution >= 4 is 38.7 Å². The minimum Gasteiger partial charge on any atom is -0.289 e. The van der Waals surface area contributed by atoms with Gasteiger partial charge in [0.25, 0.3) is 0 Å². The first-order chi connectivity index (χ1) is 14.0. The van der Waals surface area contributed by atoms with Crippen LogP contribution in [-0.4, -0.2) is 10.8 Å². The topological polar surface area (TPSA) is 30.0 Å². The van der Waals surface area contributed by atoms with Crippen LogP contribution < -0.4 is 0 Å². The number of halogens is 1. The Hall–Kier alpha value is -3.04. The summed E-state index contributed by atoms with van der Waals surface area (Å²) in [5, 5.41) is 1.00. The van der Waals surface area contributed by atoms with E-state index in [1.807, 2.05) is 73.7 Å². The molecule has 1 heterocycles. The maximum absolute atomic E-state index is 13.3. The van der Waals surface area contributed by atoms with Crippen molar-refractivity contribution < 1.29 is 4.79 Å². The van der Waals surface area contributed by atoms with E-state index in [1.165, 1.54) is 0 Å². The maximum Gasteiger partial charge on any atom is 0.188 e. The predicted molar refractivity (Wildman–Crippen MR) is 124 cm³/mol. The molecule has 0 aliphatic rings. The fourth-order valence-corrected chi connectivity index (χ4v) is 3.80. The standard InChI is InChI=1S/C26H20BrNO/c1-17-8-14-23-22(16-17)26(20-6-4-3-5-7-20)25(18(2)28-23)24(29)15-11-19-9-12-21(27)13-10-19/h3-16H,1-2H3. The number of rotatable bonds is 4. The minimum absolute atomic E-state index is 0.0415. The van der Waals surface area contributed by atoms with Crippen LogP contribution in [0.1, 0.15) is 27.2 Å². The Balaban J connectivity index is 1.90. The minimum atomic E-state index is -0.0415. The van der Waals surface area contributed by atoms with Gasteiger partial charge in [0.05, 0.1) is 11.1 Å². The van der Waals surface area contributed by atoms with Crippen molar-refractivity contribution in [1.82, 2.24) is 4.98 Å². The summed E-state index contributed by atoms with van der Waals surface area (Å²) in [6, 6.07) is 24.1. The molecule has 0 fully saturated rings. The molecule has 0 amide bonds. The highest BCUT2D eigenvalue weighted by Crippen LogP contribution is 2.34. The average molecular weight is 442 g/mol. The molecule has 3 heteroatoms. The zero-order valence-corrected chi connectivity index (χ0v) is 17.9. The van der Waals surface area contributed by atoms with Crippen LogP contribution in [-0.2, 0) is 0 Å². The van der Waals surface area contributed by atoms with Crippen LogP contribution in [0.5, 0.6) is 0 Å². The lowest BCUT2D eigenvalue weighted by atomic mass is 9.91. The van der Waals surface area contributed by atoms with Crippen molar-refractivity contribution in [2.24, 2.45) is 0 Å². The molecular formula is C26H20BrNO. The second-order valence-electron chi connectivity index (χ2n) is 7.08. The molecule has 0 aliphatic carbocycles. The number of allylic oxidation sites excluding steroid dienone is 1. The van der Waals surface area contributed by atoms with Gasteiger partial charge in [0, 0.05) is 21.1 Å². The van der Waals surface area contributed by atoms with Crippen LogP contribution in [0.3, 0.4) is 0 Å².